The lowest BCUT2D eigenvalue weighted by Crippen LogP contribution is -2.41. The van der Waals surface area contributed by atoms with E-state index in [1.807, 2.05) is 6.92 Å². The van der Waals surface area contributed by atoms with E-state index in [2.05, 4.69) is 42.0 Å². The van der Waals surface area contributed by atoms with Gasteiger partial charge in [-0.15, -0.1) is 0 Å². The highest BCUT2D eigenvalue weighted by Gasteiger charge is 2.14. The Hall–Kier alpha value is 0.0400. The molecule has 0 radical (unpaired) electrons. The van der Waals surface area contributed by atoms with Crippen molar-refractivity contribution in [2.75, 3.05) is 6.54 Å². The number of hydrogen-bond donors (Lipinski definition) is 1. The molecule has 2 nitrogen and oxygen atoms in total. The normalized spacial score (nSPS) is 13.5. The molecule has 0 heterocycles. The fourth-order valence-electron chi connectivity index (χ4n) is 1.30. The van der Waals surface area contributed by atoms with Gasteiger partial charge in [-0.25, -0.2) is 0 Å². The van der Waals surface area contributed by atoms with E-state index in [4.69, 9.17) is 27.9 Å². The van der Waals surface area contributed by atoms with Gasteiger partial charge in [0.25, 0.3) is 0 Å². The minimum Gasteiger partial charge on any atom is -0.488 e. The number of ether oxygens (including phenoxy) is 1. The van der Waals surface area contributed by atoms with Crippen molar-refractivity contribution in [3.05, 3.63) is 26.7 Å². The van der Waals surface area contributed by atoms with Crippen LogP contribution in [0.1, 0.15) is 27.7 Å². The molecule has 1 unspecified atom stereocenters. The predicted molar refractivity (Wildman–Crippen MR) is 82.0 cm³/mol. The second kappa shape index (κ2) is 6.47. The summed E-state index contributed by atoms with van der Waals surface area (Å²) < 4.78 is 6.54. The van der Waals surface area contributed by atoms with Gasteiger partial charge in [-0.05, 0) is 49.7 Å². The van der Waals surface area contributed by atoms with Crippen LogP contribution in [0, 0.1) is 0 Å². The molecular formula is C13H18BrCl2NO. The first-order valence-electron chi connectivity index (χ1n) is 5.75. The standard InChI is InChI=1S/C13H18BrCl2NO/c1-8(7-17-13(2,3)4)18-12-6-10(15)9(14)5-11(12)16/h5-6,8,17H,7H2,1-4H3. The molecule has 0 amide bonds. The zero-order valence-electron chi connectivity index (χ0n) is 11.0. The summed E-state index contributed by atoms with van der Waals surface area (Å²) in [7, 11) is 0. The molecule has 0 aliphatic carbocycles. The minimum atomic E-state index is 0.0129. The Morgan fingerprint density at radius 1 is 1.28 bits per heavy atom. The quantitative estimate of drug-likeness (QED) is 0.775. The Bertz CT molecular complexity index is 418. The van der Waals surface area contributed by atoms with Crippen molar-refractivity contribution < 1.29 is 4.74 Å². The zero-order chi connectivity index (χ0) is 13.9. The molecule has 18 heavy (non-hydrogen) atoms. The van der Waals surface area contributed by atoms with Crippen LogP contribution in [0.3, 0.4) is 0 Å². The van der Waals surface area contributed by atoms with Crippen molar-refractivity contribution in [2.45, 2.75) is 39.3 Å². The van der Waals surface area contributed by atoms with Gasteiger partial charge in [0.05, 0.1) is 10.0 Å². The first-order chi connectivity index (χ1) is 8.19. The lowest BCUT2D eigenvalue weighted by atomic mass is 10.1. The molecule has 0 bridgehead atoms. The molecule has 1 aromatic rings. The van der Waals surface area contributed by atoms with Crippen LogP contribution in [0.25, 0.3) is 0 Å². The van der Waals surface area contributed by atoms with Crippen molar-refractivity contribution in [2.24, 2.45) is 0 Å². The van der Waals surface area contributed by atoms with E-state index in [9.17, 15) is 0 Å². The number of benzene rings is 1. The third-order valence-corrected chi connectivity index (χ3v) is 3.72. The van der Waals surface area contributed by atoms with Gasteiger partial charge in [0.15, 0.2) is 0 Å². The van der Waals surface area contributed by atoms with Crippen molar-refractivity contribution >= 4 is 39.1 Å². The molecule has 0 aliphatic rings. The fourth-order valence-corrected chi connectivity index (χ4v) is 2.14. The molecule has 0 aromatic heterocycles. The number of nitrogens with one attached hydrogen (secondary N) is 1. The predicted octanol–water partition coefficient (Wildman–Crippen LogP) is 4.91. The molecule has 0 aliphatic heterocycles. The van der Waals surface area contributed by atoms with E-state index in [1.165, 1.54) is 0 Å². The summed E-state index contributed by atoms with van der Waals surface area (Å²) in [5.41, 5.74) is 0.0682. The maximum atomic E-state index is 6.10. The topological polar surface area (TPSA) is 21.3 Å². The van der Waals surface area contributed by atoms with Crippen molar-refractivity contribution in [3.63, 3.8) is 0 Å². The van der Waals surface area contributed by atoms with Crippen molar-refractivity contribution in [3.8, 4) is 5.75 Å². The van der Waals surface area contributed by atoms with Gasteiger partial charge in [0.2, 0.25) is 0 Å². The summed E-state index contributed by atoms with van der Waals surface area (Å²) in [5.74, 6) is 0.605. The Morgan fingerprint density at radius 3 is 2.44 bits per heavy atom. The highest BCUT2D eigenvalue weighted by molar-refractivity contribution is 9.10. The average molecular weight is 355 g/mol. The summed E-state index contributed by atoms with van der Waals surface area (Å²) in [4.78, 5) is 0. The summed E-state index contributed by atoms with van der Waals surface area (Å²) >= 11 is 15.4. The number of rotatable bonds is 4. The third kappa shape index (κ3) is 5.35. The number of halogens is 3. The molecule has 5 heteroatoms. The summed E-state index contributed by atoms with van der Waals surface area (Å²) in [5, 5.41) is 4.52. The van der Waals surface area contributed by atoms with E-state index in [0.717, 1.165) is 11.0 Å². The highest BCUT2D eigenvalue weighted by Crippen LogP contribution is 2.34. The summed E-state index contributed by atoms with van der Waals surface area (Å²) in [6.07, 6.45) is 0.0129. The zero-order valence-corrected chi connectivity index (χ0v) is 14.1. The Morgan fingerprint density at radius 2 is 1.89 bits per heavy atom. The molecule has 1 atom stereocenters. The lowest BCUT2D eigenvalue weighted by Gasteiger charge is -2.24. The lowest BCUT2D eigenvalue weighted by molar-refractivity contribution is 0.203. The second-order valence-corrected chi connectivity index (χ2v) is 6.92. The molecule has 0 saturated carbocycles. The smallest absolute Gasteiger partial charge is 0.139 e. The van der Waals surface area contributed by atoms with E-state index in [-0.39, 0.29) is 11.6 Å². The summed E-state index contributed by atoms with van der Waals surface area (Å²) in [6, 6.07) is 3.46. The van der Waals surface area contributed by atoms with Crippen LogP contribution in [0.2, 0.25) is 10.0 Å². The Kier molecular flexibility index (Phi) is 5.78. The molecule has 0 saturated heterocycles. The van der Waals surface area contributed by atoms with Crippen LogP contribution >= 0.6 is 39.1 Å². The monoisotopic (exact) mass is 353 g/mol. The van der Waals surface area contributed by atoms with Crippen LogP contribution in [-0.2, 0) is 0 Å². The van der Waals surface area contributed by atoms with E-state index in [0.29, 0.717) is 15.8 Å². The molecule has 0 spiro atoms. The Balaban J connectivity index is 2.65. The maximum Gasteiger partial charge on any atom is 0.139 e. The van der Waals surface area contributed by atoms with Gasteiger partial charge in [0.1, 0.15) is 11.9 Å². The Labute approximate surface area is 127 Å². The van der Waals surface area contributed by atoms with E-state index in [1.54, 1.807) is 12.1 Å². The van der Waals surface area contributed by atoms with Crippen molar-refractivity contribution in [1.82, 2.24) is 5.32 Å². The maximum absolute atomic E-state index is 6.10. The SMILES string of the molecule is CC(CNC(C)(C)C)Oc1cc(Cl)c(Br)cc1Cl. The van der Waals surface area contributed by atoms with Crippen LogP contribution in [-0.4, -0.2) is 18.2 Å². The molecule has 1 aromatic carbocycles. The molecule has 1 rings (SSSR count). The highest BCUT2D eigenvalue weighted by atomic mass is 79.9. The molecule has 0 fully saturated rings. The van der Waals surface area contributed by atoms with Crippen LogP contribution in [0.5, 0.6) is 5.75 Å². The van der Waals surface area contributed by atoms with E-state index >= 15 is 0 Å². The van der Waals surface area contributed by atoms with Crippen LogP contribution in [0.15, 0.2) is 16.6 Å². The second-order valence-electron chi connectivity index (χ2n) is 5.26. The van der Waals surface area contributed by atoms with Gasteiger partial charge in [-0.2, -0.15) is 0 Å². The van der Waals surface area contributed by atoms with Crippen LogP contribution < -0.4 is 10.1 Å². The van der Waals surface area contributed by atoms with Crippen LogP contribution in [0.4, 0.5) is 0 Å². The van der Waals surface area contributed by atoms with Crippen molar-refractivity contribution in [1.29, 1.82) is 0 Å². The first kappa shape index (κ1) is 16.1. The number of hydrogen-bond acceptors (Lipinski definition) is 2. The minimum absolute atomic E-state index is 0.0129. The summed E-state index contributed by atoms with van der Waals surface area (Å²) in [6.45, 7) is 9.08. The third-order valence-electron chi connectivity index (χ3n) is 2.22. The van der Waals surface area contributed by atoms with Gasteiger partial charge in [0, 0.05) is 22.6 Å². The molecule has 1 N–H and O–H groups in total. The average Bonchev–Trinajstić information content (AvgIpc) is 2.22. The first-order valence-corrected chi connectivity index (χ1v) is 7.30. The molecular weight excluding hydrogens is 337 g/mol. The van der Waals surface area contributed by atoms with Gasteiger partial charge in [-0.3, -0.25) is 0 Å². The van der Waals surface area contributed by atoms with Gasteiger partial charge >= 0.3 is 0 Å². The molecule has 102 valence electrons. The van der Waals surface area contributed by atoms with Gasteiger partial charge in [-0.1, -0.05) is 23.2 Å². The van der Waals surface area contributed by atoms with Gasteiger partial charge < -0.3 is 10.1 Å². The largest absolute Gasteiger partial charge is 0.488 e. The van der Waals surface area contributed by atoms with E-state index < -0.39 is 0 Å². The fraction of sp³-hybridized carbons (Fsp3) is 0.538.